The van der Waals surface area contributed by atoms with Gasteiger partial charge in [0, 0.05) is 37.5 Å². The summed E-state index contributed by atoms with van der Waals surface area (Å²) in [6, 6.07) is 12.7. The standard InChI is InChI=1S/C20H25N3O2/c1-20(16-6-3-2-4-7-16)12-17(13-20)22-19(24)18-15(8-11-25-18)14-23-10-5-9-21-23/h2-7,9-10,15,17-18H,8,11-14H2,1H3,(H,22,24)/t15-,17?,18-,20?/m1/s1. The van der Waals surface area contributed by atoms with Crippen molar-refractivity contribution < 1.29 is 9.53 Å². The summed E-state index contributed by atoms with van der Waals surface area (Å²) < 4.78 is 7.61. The first-order valence-corrected chi connectivity index (χ1v) is 9.09. The van der Waals surface area contributed by atoms with Crippen LogP contribution in [0.25, 0.3) is 0 Å². The number of aromatic nitrogens is 2. The lowest BCUT2D eigenvalue weighted by Gasteiger charge is -2.46. The number of hydrogen-bond acceptors (Lipinski definition) is 3. The van der Waals surface area contributed by atoms with Crippen LogP contribution < -0.4 is 5.32 Å². The molecule has 0 unspecified atom stereocenters. The molecule has 0 radical (unpaired) electrons. The van der Waals surface area contributed by atoms with Crippen molar-refractivity contribution in [3.63, 3.8) is 0 Å². The topological polar surface area (TPSA) is 56.1 Å². The number of nitrogens with zero attached hydrogens (tertiary/aromatic N) is 2. The van der Waals surface area contributed by atoms with E-state index in [1.807, 2.05) is 23.0 Å². The lowest BCUT2D eigenvalue weighted by Crippen LogP contribution is -2.54. The van der Waals surface area contributed by atoms with Crippen molar-refractivity contribution in [3.8, 4) is 0 Å². The van der Waals surface area contributed by atoms with Crippen LogP contribution in [0.3, 0.4) is 0 Å². The molecule has 5 nitrogen and oxygen atoms in total. The van der Waals surface area contributed by atoms with Crippen LogP contribution in [0.15, 0.2) is 48.8 Å². The van der Waals surface area contributed by atoms with E-state index in [-0.39, 0.29) is 29.4 Å². The highest BCUT2D eigenvalue weighted by Crippen LogP contribution is 2.43. The minimum atomic E-state index is -0.354. The fourth-order valence-corrected chi connectivity index (χ4v) is 4.25. The molecule has 0 spiro atoms. The van der Waals surface area contributed by atoms with E-state index in [2.05, 4.69) is 41.6 Å². The first-order valence-electron chi connectivity index (χ1n) is 9.09. The third-order valence-corrected chi connectivity index (χ3v) is 5.66. The maximum absolute atomic E-state index is 12.7. The molecule has 1 saturated heterocycles. The molecule has 25 heavy (non-hydrogen) atoms. The first-order chi connectivity index (χ1) is 12.1. The lowest BCUT2D eigenvalue weighted by molar-refractivity contribution is -0.133. The van der Waals surface area contributed by atoms with Gasteiger partial charge in [0.2, 0.25) is 5.91 Å². The van der Waals surface area contributed by atoms with Crippen molar-refractivity contribution in [1.29, 1.82) is 0 Å². The zero-order valence-electron chi connectivity index (χ0n) is 14.6. The van der Waals surface area contributed by atoms with Gasteiger partial charge >= 0.3 is 0 Å². The highest BCUT2D eigenvalue weighted by molar-refractivity contribution is 5.81. The average molecular weight is 339 g/mol. The average Bonchev–Trinajstić information content (AvgIpc) is 3.26. The summed E-state index contributed by atoms with van der Waals surface area (Å²) in [6.07, 6.45) is 6.23. The summed E-state index contributed by atoms with van der Waals surface area (Å²) in [4.78, 5) is 12.7. The van der Waals surface area contributed by atoms with Crippen molar-refractivity contribution in [2.75, 3.05) is 6.61 Å². The molecule has 2 aromatic rings. The molecule has 0 bridgehead atoms. The van der Waals surface area contributed by atoms with Gasteiger partial charge in [-0.05, 0) is 36.3 Å². The van der Waals surface area contributed by atoms with Gasteiger partial charge in [-0.2, -0.15) is 5.10 Å². The molecule has 1 aromatic carbocycles. The number of ether oxygens (including phenoxy) is 1. The van der Waals surface area contributed by atoms with E-state index in [0.29, 0.717) is 6.61 Å². The molecule has 5 heteroatoms. The predicted molar refractivity (Wildman–Crippen MR) is 95.0 cm³/mol. The molecule has 1 aliphatic carbocycles. The van der Waals surface area contributed by atoms with Crippen LogP contribution in [-0.2, 0) is 21.5 Å². The van der Waals surface area contributed by atoms with Crippen molar-refractivity contribution in [1.82, 2.24) is 15.1 Å². The fourth-order valence-electron chi connectivity index (χ4n) is 4.25. The molecule has 1 amide bonds. The molecule has 1 N–H and O–H groups in total. The van der Waals surface area contributed by atoms with E-state index in [1.54, 1.807) is 6.20 Å². The molecule has 132 valence electrons. The van der Waals surface area contributed by atoms with Crippen LogP contribution in [0.1, 0.15) is 31.7 Å². The Morgan fingerprint density at radius 2 is 2.12 bits per heavy atom. The van der Waals surface area contributed by atoms with Gasteiger partial charge in [-0.15, -0.1) is 0 Å². The van der Waals surface area contributed by atoms with Gasteiger partial charge in [-0.25, -0.2) is 0 Å². The van der Waals surface area contributed by atoms with Crippen LogP contribution in [-0.4, -0.2) is 34.4 Å². The lowest BCUT2D eigenvalue weighted by atomic mass is 9.63. The van der Waals surface area contributed by atoms with Crippen LogP contribution in [0.2, 0.25) is 0 Å². The Balaban J connectivity index is 1.32. The van der Waals surface area contributed by atoms with Gasteiger partial charge in [-0.3, -0.25) is 9.48 Å². The van der Waals surface area contributed by atoms with Gasteiger partial charge < -0.3 is 10.1 Å². The second-order valence-corrected chi connectivity index (χ2v) is 7.61. The van der Waals surface area contributed by atoms with Crippen LogP contribution in [0.4, 0.5) is 0 Å². The third kappa shape index (κ3) is 3.33. The van der Waals surface area contributed by atoms with Gasteiger partial charge in [0.15, 0.2) is 0 Å². The Morgan fingerprint density at radius 3 is 2.84 bits per heavy atom. The summed E-state index contributed by atoms with van der Waals surface area (Å²) in [5.41, 5.74) is 1.53. The number of carbonyl (C=O) groups excluding carboxylic acids is 1. The third-order valence-electron chi connectivity index (χ3n) is 5.66. The van der Waals surface area contributed by atoms with E-state index < -0.39 is 0 Å². The Labute approximate surface area is 148 Å². The SMILES string of the molecule is CC1(c2ccccc2)CC(NC(=O)[C@@H]2OCC[C@@H]2Cn2cccn2)C1. The largest absolute Gasteiger partial charge is 0.368 e. The maximum Gasteiger partial charge on any atom is 0.249 e. The van der Waals surface area contributed by atoms with E-state index in [1.165, 1.54) is 5.56 Å². The number of amides is 1. The van der Waals surface area contributed by atoms with Crippen molar-refractivity contribution >= 4 is 5.91 Å². The van der Waals surface area contributed by atoms with Gasteiger partial charge in [0.25, 0.3) is 0 Å². The number of benzene rings is 1. The van der Waals surface area contributed by atoms with Crippen LogP contribution >= 0.6 is 0 Å². The molecule has 1 aromatic heterocycles. The molecular weight excluding hydrogens is 314 g/mol. The van der Waals surface area contributed by atoms with Crippen molar-refractivity contribution in [2.45, 2.75) is 50.3 Å². The summed E-state index contributed by atoms with van der Waals surface area (Å²) in [5.74, 6) is 0.232. The summed E-state index contributed by atoms with van der Waals surface area (Å²) in [6.45, 7) is 3.66. The smallest absolute Gasteiger partial charge is 0.249 e. The van der Waals surface area contributed by atoms with Crippen LogP contribution in [0, 0.1) is 5.92 Å². The Hall–Kier alpha value is -2.14. The van der Waals surface area contributed by atoms with Crippen LogP contribution in [0.5, 0.6) is 0 Å². The zero-order valence-corrected chi connectivity index (χ0v) is 14.6. The number of carbonyl (C=O) groups is 1. The number of nitrogens with one attached hydrogen (secondary N) is 1. The number of rotatable bonds is 5. The molecular formula is C20H25N3O2. The minimum Gasteiger partial charge on any atom is -0.368 e. The quantitative estimate of drug-likeness (QED) is 0.911. The molecule has 2 atom stereocenters. The van der Waals surface area contributed by atoms with E-state index in [9.17, 15) is 4.79 Å². The maximum atomic E-state index is 12.7. The summed E-state index contributed by atoms with van der Waals surface area (Å²) in [5, 5.41) is 7.44. The van der Waals surface area contributed by atoms with E-state index in [0.717, 1.165) is 25.8 Å². The molecule has 1 aliphatic heterocycles. The first kappa shape index (κ1) is 16.3. The van der Waals surface area contributed by atoms with Gasteiger partial charge in [0.05, 0.1) is 0 Å². The molecule has 2 fully saturated rings. The fraction of sp³-hybridized carbons (Fsp3) is 0.500. The van der Waals surface area contributed by atoms with E-state index in [4.69, 9.17) is 4.74 Å². The minimum absolute atomic E-state index is 0.0368. The second kappa shape index (κ2) is 6.64. The monoisotopic (exact) mass is 339 g/mol. The van der Waals surface area contributed by atoms with Crippen molar-refractivity contribution in [2.24, 2.45) is 5.92 Å². The summed E-state index contributed by atoms with van der Waals surface area (Å²) >= 11 is 0. The predicted octanol–water partition coefficient (Wildman–Crippen LogP) is 2.52. The molecule has 2 heterocycles. The van der Waals surface area contributed by atoms with Gasteiger partial charge in [-0.1, -0.05) is 37.3 Å². The molecule has 4 rings (SSSR count). The van der Waals surface area contributed by atoms with Gasteiger partial charge in [0.1, 0.15) is 6.10 Å². The number of hydrogen-bond donors (Lipinski definition) is 1. The molecule has 2 aliphatic rings. The second-order valence-electron chi connectivity index (χ2n) is 7.61. The molecule has 1 saturated carbocycles. The normalized spacial score (nSPS) is 31.5. The Morgan fingerprint density at radius 1 is 1.32 bits per heavy atom. The highest BCUT2D eigenvalue weighted by Gasteiger charge is 2.44. The highest BCUT2D eigenvalue weighted by atomic mass is 16.5. The Kier molecular flexibility index (Phi) is 4.34. The van der Waals surface area contributed by atoms with Crippen molar-refractivity contribution in [3.05, 3.63) is 54.4 Å². The zero-order chi connectivity index (χ0) is 17.3. The summed E-state index contributed by atoms with van der Waals surface area (Å²) in [7, 11) is 0. The Bertz CT molecular complexity index is 708. The van der Waals surface area contributed by atoms with E-state index >= 15 is 0 Å².